The number of carbonyl (C=O) groups excluding carboxylic acids is 1. The molecule has 0 saturated carbocycles. The van der Waals surface area contributed by atoms with Gasteiger partial charge in [-0.25, -0.2) is 4.98 Å². The Kier molecular flexibility index (Phi) is 5.53. The molecule has 1 aromatic carbocycles. The van der Waals surface area contributed by atoms with Crippen LogP contribution in [0, 0.1) is 0 Å². The summed E-state index contributed by atoms with van der Waals surface area (Å²) >= 11 is 0. The van der Waals surface area contributed by atoms with Crippen molar-refractivity contribution in [2.75, 3.05) is 31.6 Å². The highest BCUT2D eigenvalue weighted by atomic mass is 16.5. The van der Waals surface area contributed by atoms with Crippen LogP contribution in [0.25, 0.3) is 0 Å². The number of hydrogen-bond donors (Lipinski definition) is 0. The Morgan fingerprint density at radius 2 is 1.92 bits per heavy atom. The number of aromatic nitrogens is 1. The molecule has 0 aliphatic carbocycles. The summed E-state index contributed by atoms with van der Waals surface area (Å²) in [5.41, 5.74) is 1.78. The van der Waals surface area contributed by atoms with Crippen LogP contribution in [0.3, 0.4) is 0 Å². The van der Waals surface area contributed by atoms with Crippen molar-refractivity contribution in [2.24, 2.45) is 0 Å². The minimum atomic E-state index is 0.0355. The van der Waals surface area contributed by atoms with Gasteiger partial charge in [-0.3, -0.25) is 4.79 Å². The van der Waals surface area contributed by atoms with Gasteiger partial charge in [0.2, 0.25) is 0 Å². The molecule has 5 nitrogen and oxygen atoms in total. The highest BCUT2D eigenvalue weighted by Crippen LogP contribution is 2.24. The molecule has 1 amide bonds. The Labute approximate surface area is 149 Å². The first-order valence-corrected chi connectivity index (χ1v) is 8.85. The second-order valence-electron chi connectivity index (χ2n) is 6.24. The first-order chi connectivity index (χ1) is 12.2. The molecule has 25 heavy (non-hydrogen) atoms. The first kappa shape index (κ1) is 17.3. The van der Waals surface area contributed by atoms with E-state index in [4.69, 9.17) is 4.74 Å². The Morgan fingerprint density at radius 1 is 1.20 bits per heavy atom. The maximum absolute atomic E-state index is 13.1. The largest absolute Gasteiger partial charge is 0.497 e. The molecular formula is C20H25N3O2. The third kappa shape index (κ3) is 3.92. The lowest BCUT2D eigenvalue weighted by Crippen LogP contribution is -2.32. The third-order valence-electron chi connectivity index (χ3n) is 4.62. The van der Waals surface area contributed by atoms with Crippen molar-refractivity contribution in [1.82, 2.24) is 9.88 Å². The van der Waals surface area contributed by atoms with Gasteiger partial charge in [0.15, 0.2) is 0 Å². The molecule has 1 aliphatic rings. The van der Waals surface area contributed by atoms with Crippen LogP contribution in [0.5, 0.6) is 5.75 Å². The van der Waals surface area contributed by atoms with Gasteiger partial charge in [0.25, 0.3) is 5.91 Å². The number of rotatable bonds is 6. The topological polar surface area (TPSA) is 45.7 Å². The van der Waals surface area contributed by atoms with Gasteiger partial charge >= 0.3 is 0 Å². The predicted octanol–water partition coefficient (Wildman–Crippen LogP) is 3.35. The molecule has 3 rings (SSSR count). The minimum Gasteiger partial charge on any atom is -0.497 e. The summed E-state index contributed by atoms with van der Waals surface area (Å²) in [5, 5.41) is 0. The van der Waals surface area contributed by atoms with Gasteiger partial charge in [-0.15, -0.1) is 0 Å². The molecule has 5 heteroatoms. The number of ether oxygens (including phenoxy) is 1. The molecule has 2 heterocycles. The van der Waals surface area contributed by atoms with Gasteiger partial charge in [0.1, 0.15) is 11.6 Å². The van der Waals surface area contributed by atoms with E-state index in [1.807, 2.05) is 48.2 Å². The van der Waals surface area contributed by atoms with Gasteiger partial charge in [-0.05, 0) is 49.6 Å². The zero-order valence-corrected chi connectivity index (χ0v) is 14.9. The summed E-state index contributed by atoms with van der Waals surface area (Å²) in [5.74, 6) is 1.67. The predicted molar refractivity (Wildman–Crippen MR) is 99.1 cm³/mol. The molecule has 1 aromatic heterocycles. The summed E-state index contributed by atoms with van der Waals surface area (Å²) in [4.78, 5) is 21.7. The molecule has 0 N–H and O–H groups in total. The van der Waals surface area contributed by atoms with Crippen molar-refractivity contribution in [3.05, 3.63) is 53.7 Å². The van der Waals surface area contributed by atoms with E-state index < -0.39 is 0 Å². The van der Waals surface area contributed by atoms with Crippen LogP contribution >= 0.6 is 0 Å². The highest BCUT2D eigenvalue weighted by molar-refractivity contribution is 5.98. The van der Waals surface area contributed by atoms with Gasteiger partial charge in [0, 0.05) is 32.4 Å². The van der Waals surface area contributed by atoms with Crippen LogP contribution in [-0.2, 0) is 6.54 Å². The van der Waals surface area contributed by atoms with Crippen molar-refractivity contribution >= 4 is 11.7 Å². The molecule has 1 aliphatic heterocycles. The van der Waals surface area contributed by atoms with Crippen molar-refractivity contribution in [1.29, 1.82) is 0 Å². The summed E-state index contributed by atoms with van der Waals surface area (Å²) in [6, 6.07) is 11.6. The minimum absolute atomic E-state index is 0.0355. The van der Waals surface area contributed by atoms with Crippen LogP contribution in [0.1, 0.15) is 35.7 Å². The fourth-order valence-corrected chi connectivity index (χ4v) is 3.19. The van der Waals surface area contributed by atoms with Crippen LogP contribution in [0.4, 0.5) is 5.82 Å². The van der Waals surface area contributed by atoms with E-state index in [0.717, 1.165) is 43.1 Å². The molecule has 0 spiro atoms. The smallest absolute Gasteiger partial charge is 0.257 e. The number of amides is 1. The fraction of sp³-hybridized carbons (Fsp3) is 0.400. The van der Waals surface area contributed by atoms with E-state index >= 15 is 0 Å². The van der Waals surface area contributed by atoms with E-state index in [-0.39, 0.29) is 5.91 Å². The highest BCUT2D eigenvalue weighted by Gasteiger charge is 2.23. The molecule has 1 fully saturated rings. The van der Waals surface area contributed by atoms with Crippen LogP contribution in [0.2, 0.25) is 0 Å². The summed E-state index contributed by atoms with van der Waals surface area (Å²) in [6.07, 6.45) is 4.09. The lowest BCUT2D eigenvalue weighted by molar-refractivity contribution is 0.0753. The Balaban J connectivity index is 1.80. The molecule has 132 valence electrons. The lowest BCUT2D eigenvalue weighted by Gasteiger charge is -2.25. The zero-order chi connectivity index (χ0) is 17.6. The third-order valence-corrected chi connectivity index (χ3v) is 4.62. The average molecular weight is 339 g/mol. The number of anilines is 1. The molecule has 2 aromatic rings. The molecule has 0 radical (unpaired) electrons. The van der Waals surface area contributed by atoms with Crippen molar-refractivity contribution in [3.63, 3.8) is 0 Å². The number of carbonyl (C=O) groups is 1. The van der Waals surface area contributed by atoms with E-state index in [2.05, 4.69) is 9.88 Å². The van der Waals surface area contributed by atoms with Gasteiger partial charge < -0.3 is 14.5 Å². The quantitative estimate of drug-likeness (QED) is 0.810. The second-order valence-corrected chi connectivity index (χ2v) is 6.24. The molecule has 0 unspecified atom stereocenters. The van der Waals surface area contributed by atoms with Gasteiger partial charge in [-0.1, -0.05) is 12.1 Å². The second kappa shape index (κ2) is 8.01. The van der Waals surface area contributed by atoms with E-state index in [0.29, 0.717) is 18.7 Å². The van der Waals surface area contributed by atoms with Crippen molar-refractivity contribution < 1.29 is 9.53 Å². The van der Waals surface area contributed by atoms with Crippen LogP contribution in [0.15, 0.2) is 42.6 Å². The summed E-state index contributed by atoms with van der Waals surface area (Å²) < 4.78 is 5.20. The SMILES string of the molecule is CCN(Cc1ccc(OC)cc1)C(=O)c1cccnc1N1CCCC1. The zero-order valence-electron chi connectivity index (χ0n) is 14.9. The van der Waals surface area contributed by atoms with E-state index in [9.17, 15) is 4.79 Å². The van der Waals surface area contributed by atoms with E-state index in [1.54, 1.807) is 13.3 Å². The number of hydrogen-bond acceptors (Lipinski definition) is 4. The fourth-order valence-electron chi connectivity index (χ4n) is 3.19. The van der Waals surface area contributed by atoms with Crippen LogP contribution < -0.4 is 9.64 Å². The Hall–Kier alpha value is -2.56. The average Bonchev–Trinajstić information content (AvgIpc) is 3.20. The standard InChI is InChI=1S/C20H25N3O2/c1-3-22(15-16-8-10-17(25-2)11-9-16)20(24)18-7-6-12-21-19(18)23-13-4-5-14-23/h6-12H,3-5,13-15H2,1-2H3. The Morgan fingerprint density at radius 3 is 2.56 bits per heavy atom. The summed E-state index contributed by atoms with van der Waals surface area (Å²) in [7, 11) is 1.65. The number of nitrogens with zero attached hydrogens (tertiary/aromatic N) is 3. The Bertz CT molecular complexity index is 709. The lowest BCUT2D eigenvalue weighted by atomic mass is 10.1. The molecule has 1 saturated heterocycles. The van der Waals surface area contributed by atoms with Crippen LogP contribution in [-0.4, -0.2) is 42.5 Å². The first-order valence-electron chi connectivity index (χ1n) is 8.85. The maximum atomic E-state index is 13.1. The normalized spacial score (nSPS) is 13.8. The number of methoxy groups -OCH3 is 1. The monoisotopic (exact) mass is 339 g/mol. The van der Waals surface area contributed by atoms with Gasteiger partial charge in [-0.2, -0.15) is 0 Å². The van der Waals surface area contributed by atoms with Crippen molar-refractivity contribution in [3.8, 4) is 5.75 Å². The van der Waals surface area contributed by atoms with Crippen molar-refractivity contribution in [2.45, 2.75) is 26.3 Å². The molecular weight excluding hydrogens is 314 g/mol. The van der Waals surface area contributed by atoms with Gasteiger partial charge in [0.05, 0.1) is 12.7 Å². The number of benzene rings is 1. The molecule has 0 bridgehead atoms. The summed E-state index contributed by atoms with van der Waals surface area (Å²) in [6.45, 7) is 5.18. The number of pyridine rings is 1. The maximum Gasteiger partial charge on any atom is 0.257 e. The molecule has 0 atom stereocenters. The van der Waals surface area contributed by atoms with E-state index in [1.165, 1.54) is 0 Å².